The molecule has 0 atom stereocenters. The second-order valence-electron chi connectivity index (χ2n) is 4.19. The Hall–Kier alpha value is -1.39. The SMILES string of the molecule is CN(Cc1cccc(Br)c1)c1cnccc1CN. The van der Waals surface area contributed by atoms with E-state index >= 15 is 0 Å². The number of hydrogen-bond acceptors (Lipinski definition) is 3. The zero-order chi connectivity index (χ0) is 13.0. The molecule has 0 saturated carbocycles. The summed E-state index contributed by atoms with van der Waals surface area (Å²) in [6.45, 7) is 1.36. The van der Waals surface area contributed by atoms with E-state index in [2.05, 4.69) is 45.0 Å². The Labute approximate surface area is 116 Å². The molecule has 1 heterocycles. The minimum Gasteiger partial charge on any atom is -0.369 e. The molecule has 0 aliphatic rings. The van der Waals surface area contributed by atoms with Crippen molar-refractivity contribution in [1.82, 2.24) is 4.98 Å². The van der Waals surface area contributed by atoms with Gasteiger partial charge in [-0.05, 0) is 29.3 Å². The lowest BCUT2D eigenvalue weighted by Crippen LogP contribution is -2.19. The topological polar surface area (TPSA) is 42.2 Å². The molecule has 0 aliphatic heterocycles. The van der Waals surface area contributed by atoms with Crippen LogP contribution in [0.1, 0.15) is 11.1 Å². The molecule has 0 spiro atoms. The normalized spacial score (nSPS) is 10.4. The van der Waals surface area contributed by atoms with Gasteiger partial charge in [0.05, 0.1) is 11.9 Å². The quantitative estimate of drug-likeness (QED) is 0.944. The third-order valence-electron chi connectivity index (χ3n) is 2.83. The molecule has 1 aromatic heterocycles. The Morgan fingerprint density at radius 1 is 1.33 bits per heavy atom. The van der Waals surface area contributed by atoms with Crippen LogP contribution >= 0.6 is 15.9 Å². The average molecular weight is 306 g/mol. The summed E-state index contributed by atoms with van der Waals surface area (Å²) in [7, 11) is 2.05. The lowest BCUT2D eigenvalue weighted by Gasteiger charge is -2.21. The van der Waals surface area contributed by atoms with E-state index in [1.807, 2.05) is 24.4 Å². The first-order valence-corrected chi connectivity index (χ1v) is 6.58. The molecule has 0 bridgehead atoms. The maximum Gasteiger partial charge on any atom is 0.0598 e. The Kier molecular flexibility index (Phi) is 4.33. The molecule has 94 valence electrons. The van der Waals surface area contributed by atoms with E-state index in [0.717, 1.165) is 22.3 Å². The Morgan fingerprint density at radius 2 is 2.17 bits per heavy atom. The van der Waals surface area contributed by atoms with Gasteiger partial charge in [-0.1, -0.05) is 28.1 Å². The summed E-state index contributed by atoms with van der Waals surface area (Å²) in [5.41, 5.74) is 9.19. The summed E-state index contributed by atoms with van der Waals surface area (Å²) in [4.78, 5) is 6.33. The van der Waals surface area contributed by atoms with E-state index in [-0.39, 0.29) is 0 Å². The number of halogens is 1. The fourth-order valence-electron chi connectivity index (χ4n) is 1.93. The zero-order valence-corrected chi connectivity index (χ0v) is 11.9. The standard InChI is InChI=1S/C14H16BrN3/c1-18(10-11-3-2-4-13(15)7-11)14-9-17-6-5-12(14)8-16/h2-7,9H,8,10,16H2,1H3. The molecule has 0 aliphatic carbocycles. The van der Waals surface area contributed by atoms with Gasteiger partial charge < -0.3 is 10.6 Å². The smallest absolute Gasteiger partial charge is 0.0598 e. The van der Waals surface area contributed by atoms with Crippen LogP contribution in [0.3, 0.4) is 0 Å². The number of benzene rings is 1. The van der Waals surface area contributed by atoms with Crippen molar-refractivity contribution in [3.8, 4) is 0 Å². The van der Waals surface area contributed by atoms with Crippen molar-refractivity contribution >= 4 is 21.6 Å². The number of rotatable bonds is 4. The molecular formula is C14H16BrN3. The Balaban J connectivity index is 2.19. The summed E-state index contributed by atoms with van der Waals surface area (Å²) in [5, 5.41) is 0. The van der Waals surface area contributed by atoms with E-state index in [9.17, 15) is 0 Å². The van der Waals surface area contributed by atoms with Crippen LogP contribution in [0.4, 0.5) is 5.69 Å². The molecule has 3 nitrogen and oxygen atoms in total. The van der Waals surface area contributed by atoms with Crippen molar-refractivity contribution in [1.29, 1.82) is 0 Å². The molecule has 4 heteroatoms. The molecule has 0 fully saturated rings. The lowest BCUT2D eigenvalue weighted by atomic mass is 10.1. The van der Waals surface area contributed by atoms with Gasteiger partial charge in [0.2, 0.25) is 0 Å². The molecule has 18 heavy (non-hydrogen) atoms. The van der Waals surface area contributed by atoms with Crippen molar-refractivity contribution in [3.05, 3.63) is 58.3 Å². The molecule has 0 saturated heterocycles. The minimum atomic E-state index is 0.528. The highest BCUT2D eigenvalue weighted by atomic mass is 79.9. The van der Waals surface area contributed by atoms with Crippen molar-refractivity contribution in [2.75, 3.05) is 11.9 Å². The van der Waals surface area contributed by atoms with Gasteiger partial charge in [-0.2, -0.15) is 0 Å². The predicted molar refractivity (Wildman–Crippen MR) is 78.4 cm³/mol. The average Bonchev–Trinajstić information content (AvgIpc) is 2.38. The molecule has 0 unspecified atom stereocenters. The van der Waals surface area contributed by atoms with E-state index in [1.165, 1.54) is 5.56 Å². The number of nitrogens with two attached hydrogens (primary N) is 1. The van der Waals surface area contributed by atoms with E-state index in [1.54, 1.807) is 6.20 Å². The third-order valence-corrected chi connectivity index (χ3v) is 3.32. The lowest BCUT2D eigenvalue weighted by molar-refractivity contribution is 0.896. The number of pyridine rings is 1. The first-order chi connectivity index (χ1) is 8.70. The number of nitrogens with zero attached hydrogens (tertiary/aromatic N) is 2. The van der Waals surface area contributed by atoms with Crippen LogP contribution in [0.25, 0.3) is 0 Å². The predicted octanol–water partition coefficient (Wildman–Crippen LogP) is 2.94. The van der Waals surface area contributed by atoms with Crippen molar-refractivity contribution in [2.24, 2.45) is 5.73 Å². The highest BCUT2D eigenvalue weighted by Gasteiger charge is 2.07. The summed E-state index contributed by atoms with van der Waals surface area (Å²) >= 11 is 3.49. The highest BCUT2D eigenvalue weighted by molar-refractivity contribution is 9.10. The van der Waals surface area contributed by atoms with Crippen molar-refractivity contribution in [2.45, 2.75) is 13.1 Å². The van der Waals surface area contributed by atoms with Gasteiger partial charge in [0, 0.05) is 30.8 Å². The van der Waals surface area contributed by atoms with Gasteiger partial charge >= 0.3 is 0 Å². The first kappa shape index (κ1) is 13.1. The van der Waals surface area contributed by atoms with Gasteiger partial charge in [0.15, 0.2) is 0 Å². The summed E-state index contributed by atoms with van der Waals surface area (Å²) < 4.78 is 1.10. The fourth-order valence-corrected chi connectivity index (χ4v) is 2.37. The Bertz CT molecular complexity index is 528. The van der Waals surface area contributed by atoms with Crippen molar-refractivity contribution < 1.29 is 0 Å². The molecule has 0 amide bonds. The van der Waals surface area contributed by atoms with Gasteiger partial charge in [0.1, 0.15) is 0 Å². The number of hydrogen-bond donors (Lipinski definition) is 1. The third kappa shape index (κ3) is 3.09. The van der Waals surface area contributed by atoms with E-state index in [4.69, 9.17) is 5.73 Å². The number of aromatic nitrogens is 1. The summed E-state index contributed by atoms with van der Waals surface area (Å²) in [5.74, 6) is 0. The molecule has 2 rings (SSSR count). The maximum atomic E-state index is 5.74. The van der Waals surface area contributed by atoms with Crippen molar-refractivity contribution in [3.63, 3.8) is 0 Å². The monoisotopic (exact) mass is 305 g/mol. The molecule has 1 aromatic carbocycles. The second kappa shape index (κ2) is 5.98. The van der Waals surface area contributed by atoms with Crippen LogP contribution in [0.5, 0.6) is 0 Å². The molecule has 2 N–H and O–H groups in total. The molecular weight excluding hydrogens is 290 g/mol. The number of anilines is 1. The summed E-state index contributed by atoms with van der Waals surface area (Å²) in [6.07, 6.45) is 3.64. The van der Waals surface area contributed by atoms with Crippen LogP contribution < -0.4 is 10.6 Å². The van der Waals surface area contributed by atoms with Gasteiger partial charge in [-0.25, -0.2) is 0 Å². The van der Waals surface area contributed by atoms with Crippen LogP contribution in [0.2, 0.25) is 0 Å². The first-order valence-electron chi connectivity index (χ1n) is 5.79. The highest BCUT2D eigenvalue weighted by Crippen LogP contribution is 2.20. The largest absolute Gasteiger partial charge is 0.369 e. The van der Waals surface area contributed by atoms with Crippen LogP contribution in [-0.4, -0.2) is 12.0 Å². The van der Waals surface area contributed by atoms with Crippen LogP contribution in [-0.2, 0) is 13.1 Å². The van der Waals surface area contributed by atoms with E-state index < -0.39 is 0 Å². The second-order valence-corrected chi connectivity index (χ2v) is 5.11. The maximum absolute atomic E-state index is 5.74. The van der Waals surface area contributed by atoms with Gasteiger partial charge in [-0.15, -0.1) is 0 Å². The minimum absolute atomic E-state index is 0.528. The Morgan fingerprint density at radius 3 is 2.89 bits per heavy atom. The molecule has 2 aromatic rings. The zero-order valence-electron chi connectivity index (χ0n) is 10.3. The van der Waals surface area contributed by atoms with Crippen LogP contribution in [0.15, 0.2) is 47.2 Å². The fraction of sp³-hybridized carbons (Fsp3) is 0.214. The van der Waals surface area contributed by atoms with Crippen LogP contribution in [0, 0.1) is 0 Å². The van der Waals surface area contributed by atoms with Gasteiger partial charge in [-0.3, -0.25) is 4.98 Å². The summed E-state index contributed by atoms with van der Waals surface area (Å²) in [6, 6.07) is 10.3. The van der Waals surface area contributed by atoms with E-state index in [0.29, 0.717) is 6.54 Å². The van der Waals surface area contributed by atoms with Gasteiger partial charge in [0.25, 0.3) is 0 Å². The molecule has 0 radical (unpaired) electrons.